The molecule has 0 bridgehead atoms. The van der Waals surface area contributed by atoms with Crippen LogP contribution in [0.5, 0.6) is 11.5 Å². The molecule has 1 heterocycles. The number of benzene rings is 1. The van der Waals surface area contributed by atoms with Crippen LogP contribution < -0.4 is 20.1 Å². The fourth-order valence-electron chi connectivity index (χ4n) is 3.16. The monoisotopic (exact) mass is 411 g/mol. The number of hydrogen-bond acceptors (Lipinski definition) is 5. The van der Waals surface area contributed by atoms with Crippen LogP contribution in [0, 0.1) is 0 Å². The third-order valence-corrected chi connectivity index (χ3v) is 4.92. The maximum absolute atomic E-state index is 12.6. The van der Waals surface area contributed by atoms with Crippen molar-refractivity contribution in [3.63, 3.8) is 0 Å². The van der Waals surface area contributed by atoms with Crippen LogP contribution in [-0.4, -0.2) is 62.7 Å². The van der Waals surface area contributed by atoms with Gasteiger partial charge in [0.1, 0.15) is 0 Å². The van der Waals surface area contributed by atoms with Gasteiger partial charge in [0, 0.05) is 31.2 Å². The topological polar surface area (TPSA) is 79.9 Å². The Morgan fingerprint density at radius 3 is 2.57 bits per heavy atom. The van der Waals surface area contributed by atoms with Gasteiger partial charge < -0.3 is 20.1 Å². The first-order valence-corrected chi connectivity index (χ1v) is 10.2. The first-order chi connectivity index (χ1) is 13.5. The molecular weight excluding hydrogens is 382 g/mol. The van der Waals surface area contributed by atoms with Crippen molar-refractivity contribution in [3.8, 4) is 11.5 Å². The second-order valence-electron chi connectivity index (χ2n) is 6.80. The summed E-state index contributed by atoms with van der Waals surface area (Å²) < 4.78 is 10.8. The Kier molecular flexibility index (Phi) is 8.86. The largest absolute Gasteiger partial charge is 0.493 e. The van der Waals surface area contributed by atoms with Crippen LogP contribution in [0.4, 0.5) is 0 Å². The van der Waals surface area contributed by atoms with E-state index in [1.807, 2.05) is 13.8 Å². The van der Waals surface area contributed by atoms with E-state index in [-0.39, 0.29) is 17.9 Å². The third-order valence-electron chi connectivity index (χ3n) is 4.64. The highest BCUT2D eigenvalue weighted by Gasteiger charge is 2.23. The lowest BCUT2D eigenvalue weighted by molar-refractivity contribution is -0.122. The van der Waals surface area contributed by atoms with Gasteiger partial charge in [-0.1, -0.05) is 18.5 Å². The van der Waals surface area contributed by atoms with Crippen LogP contribution in [-0.2, 0) is 4.79 Å². The van der Waals surface area contributed by atoms with Crippen molar-refractivity contribution >= 4 is 23.4 Å². The van der Waals surface area contributed by atoms with Gasteiger partial charge in [0.25, 0.3) is 5.91 Å². The highest BCUT2D eigenvalue weighted by Crippen LogP contribution is 2.36. The smallest absolute Gasteiger partial charge is 0.251 e. The Bertz CT molecular complexity index is 676. The Morgan fingerprint density at radius 1 is 1.25 bits per heavy atom. The molecule has 0 atom stereocenters. The molecule has 0 spiro atoms. The number of ether oxygens (including phenoxy) is 2. The predicted molar refractivity (Wildman–Crippen MR) is 109 cm³/mol. The van der Waals surface area contributed by atoms with Gasteiger partial charge in [0.05, 0.1) is 25.3 Å². The van der Waals surface area contributed by atoms with Crippen LogP contribution in [0.2, 0.25) is 5.02 Å². The number of carbonyl (C=O) groups is 2. The zero-order valence-electron chi connectivity index (χ0n) is 16.8. The summed E-state index contributed by atoms with van der Waals surface area (Å²) in [7, 11) is 1.52. The highest BCUT2D eigenvalue weighted by atomic mass is 35.5. The van der Waals surface area contributed by atoms with Crippen molar-refractivity contribution in [1.82, 2.24) is 15.5 Å². The number of piperidine rings is 1. The van der Waals surface area contributed by atoms with E-state index >= 15 is 0 Å². The number of likely N-dealkylation sites (tertiary alicyclic amines) is 1. The number of hydrogen-bond donors (Lipinski definition) is 2. The SMILES string of the molecule is CCCNC(=O)CN1CCC(NC(=O)c2cc(Cl)c(OCC)c(OC)c2)CC1. The second-order valence-corrected chi connectivity index (χ2v) is 7.20. The highest BCUT2D eigenvalue weighted by molar-refractivity contribution is 6.32. The molecule has 156 valence electrons. The first kappa shape index (κ1) is 22.3. The van der Waals surface area contributed by atoms with Crippen molar-refractivity contribution in [2.24, 2.45) is 0 Å². The number of amides is 2. The van der Waals surface area contributed by atoms with Crippen LogP contribution in [0.25, 0.3) is 0 Å². The summed E-state index contributed by atoms with van der Waals surface area (Å²) in [6.07, 6.45) is 2.53. The number of methoxy groups -OCH3 is 1. The molecular formula is C20H30ClN3O4. The van der Waals surface area contributed by atoms with Crippen LogP contribution >= 0.6 is 11.6 Å². The minimum Gasteiger partial charge on any atom is -0.493 e. The van der Waals surface area contributed by atoms with Gasteiger partial charge in [-0.15, -0.1) is 0 Å². The van der Waals surface area contributed by atoms with Crippen molar-refractivity contribution < 1.29 is 19.1 Å². The molecule has 1 fully saturated rings. The zero-order chi connectivity index (χ0) is 20.5. The molecule has 0 radical (unpaired) electrons. The normalized spacial score (nSPS) is 15.1. The van der Waals surface area contributed by atoms with E-state index in [0.717, 1.165) is 32.4 Å². The maximum Gasteiger partial charge on any atom is 0.251 e. The van der Waals surface area contributed by atoms with Crippen LogP contribution in [0.1, 0.15) is 43.5 Å². The molecule has 2 rings (SSSR count). The minimum absolute atomic E-state index is 0.0560. The Hall–Kier alpha value is -1.99. The lowest BCUT2D eigenvalue weighted by atomic mass is 10.0. The third kappa shape index (κ3) is 6.27. The summed E-state index contributed by atoms with van der Waals surface area (Å²) >= 11 is 6.25. The van der Waals surface area contributed by atoms with E-state index in [9.17, 15) is 9.59 Å². The van der Waals surface area contributed by atoms with Gasteiger partial charge in [0.2, 0.25) is 5.91 Å². The lowest BCUT2D eigenvalue weighted by Gasteiger charge is -2.31. The summed E-state index contributed by atoms with van der Waals surface area (Å²) in [5.41, 5.74) is 0.437. The molecule has 1 aliphatic rings. The lowest BCUT2D eigenvalue weighted by Crippen LogP contribution is -2.47. The van der Waals surface area contributed by atoms with Crippen LogP contribution in [0.3, 0.4) is 0 Å². The molecule has 28 heavy (non-hydrogen) atoms. The zero-order valence-corrected chi connectivity index (χ0v) is 17.6. The molecule has 7 nitrogen and oxygen atoms in total. The predicted octanol–water partition coefficient (Wildman–Crippen LogP) is 2.47. The van der Waals surface area contributed by atoms with Gasteiger partial charge in [-0.05, 0) is 38.3 Å². The van der Waals surface area contributed by atoms with Gasteiger partial charge in [-0.2, -0.15) is 0 Å². The maximum atomic E-state index is 12.6. The summed E-state index contributed by atoms with van der Waals surface area (Å²) in [4.78, 5) is 26.6. The number of carbonyl (C=O) groups excluding carboxylic acids is 2. The van der Waals surface area contributed by atoms with Gasteiger partial charge in [0.15, 0.2) is 11.5 Å². The molecule has 1 aromatic rings. The molecule has 1 saturated heterocycles. The number of nitrogens with zero attached hydrogens (tertiary/aromatic N) is 1. The van der Waals surface area contributed by atoms with E-state index in [1.54, 1.807) is 12.1 Å². The molecule has 0 unspecified atom stereocenters. The van der Waals surface area contributed by atoms with Gasteiger partial charge in [-0.25, -0.2) is 0 Å². The van der Waals surface area contributed by atoms with E-state index in [0.29, 0.717) is 41.8 Å². The molecule has 1 aromatic carbocycles. The van der Waals surface area contributed by atoms with E-state index in [2.05, 4.69) is 15.5 Å². The minimum atomic E-state index is -0.192. The molecule has 2 N–H and O–H groups in total. The summed E-state index contributed by atoms with van der Waals surface area (Å²) in [5, 5.41) is 6.29. The molecule has 0 aromatic heterocycles. The molecule has 2 amide bonds. The second kappa shape index (κ2) is 11.1. The van der Waals surface area contributed by atoms with Gasteiger partial charge >= 0.3 is 0 Å². The number of nitrogens with one attached hydrogen (secondary N) is 2. The quantitative estimate of drug-likeness (QED) is 0.652. The van der Waals surface area contributed by atoms with Crippen LogP contribution in [0.15, 0.2) is 12.1 Å². The Balaban J connectivity index is 1.89. The summed E-state index contributed by atoms with van der Waals surface area (Å²) in [5.74, 6) is 0.744. The Labute approximate surface area is 171 Å². The molecule has 0 aliphatic carbocycles. The molecule has 0 saturated carbocycles. The average Bonchev–Trinajstić information content (AvgIpc) is 2.69. The average molecular weight is 412 g/mol. The molecule has 8 heteroatoms. The fraction of sp³-hybridized carbons (Fsp3) is 0.600. The van der Waals surface area contributed by atoms with Crippen molar-refractivity contribution in [1.29, 1.82) is 0 Å². The first-order valence-electron chi connectivity index (χ1n) is 9.78. The summed E-state index contributed by atoms with van der Waals surface area (Å²) in [6.45, 7) is 7.01. The van der Waals surface area contributed by atoms with E-state index in [4.69, 9.17) is 21.1 Å². The van der Waals surface area contributed by atoms with Crippen molar-refractivity contribution in [2.75, 3.05) is 39.9 Å². The fourth-order valence-corrected chi connectivity index (χ4v) is 3.43. The number of halogens is 1. The standard InChI is InChI=1S/C20H30ClN3O4/c1-4-8-22-18(25)13-24-9-6-15(7-10-24)23-20(26)14-11-16(21)19(28-5-2)17(12-14)27-3/h11-12,15H,4-10,13H2,1-3H3,(H,22,25)(H,23,26). The van der Waals surface area contributed by atoms with Crippen molar-refractivity contribution in [3.05, 3.63) is 22.7 Å². The Morgan fingerprint density at radius 2 is 1.96 bits per heavy atom. The molecule has 1 aliphatic heterocycles. The summed E-state index contributed by atoms with van der Waals surface area (Å²) in [6, 6.07) is 3.30. The van der Waals surface area contributed by atoms with Crippen molar-refractivity contribution in [2.45, 2.75) is 39.2 Å². The van der Waals surface area contributed by atoms with E-state index < -0.39 is 0 Å². The number of rotatable bonds is 9. The van der Waals surface area contributed by atoms with Gasteiger partial charge in [-0.3, -0.25) is 14.5 Å². The van der Waals surface area contributed by atoms with E-state index in [1.165, 1.54) is 7.11 Å².